The molecule has 166 valence electrons. The van der Waals surface area contributed by atoms with Crippen LogP contribution in [-0.4, -0.2) is 28.8 Å². The summed E-state index contributed by atoms with van der Waals surface area (Å²) >= 11 is 12.8. The zero-order valence-corrected chi connectivity index (χ0v) is 19.5. The van der Waals surface area contributed by atoms with Crippen molar-refractivity contribution in [3.05, 3.63) is 69.7 Å². The Morgan fingerprint density at radius 2 is 1.65 bits per heavy atom. The summed E-state index contributed by atoms with van der Waals surface area (Å²) in [6.45, 7) is 2.13. The summed E-state index contributed by atoms with van der Waals surface area (Å²) in [4.78, 5) is 28.3. The number of halogens is 2. The molecule has 1 atom stereocenters. The van der Waals surface area contributed by atoms with E-state index in [0.29, 0.717) is 22.0 Å². The van der Waals surface area contributed by atoms with Gasteiger partial charge >= 0.3 is 0 Å². The molecule has 1 saturated carbocycles. The smallest absolute Gasteiger partial charge is 0.243 e. The Morgan fingerprint density at radius 3 is 2.26 bits per heavy atom. The first kappa shape index (κ1) is 23.6. The molecule has 2 amide bonds. The predicted molar refractivity (Wildman–Crippen MR) is 126 cm³/mol. The normalized spacial score (nSPS) is 15.3. The molecule has 0 unspecified atom stereocenters. The van der Waals surface area contributed by atoms with Crippen molar-refractivity contribution in [3.63, 3.8) is 0 Å². The lowest BCUT2D eigenvalue weighted by molar-refractivity contribution is -0.141. The van der Waals surface area contributed by atoms with Crippen LogP contribution in [0, 0.1) is 0 Å². The van der Waals surface area contributed by atoms with Crippen LogP contribution in [0.25, 0.3) is 0 Å². The largest absolute Gasteiger partial charge is 0.352 e. The van der Waals surface area contributed by atoms with Gasteiger partial charge in [-0.1, -0.05) is 85.8 Å². The Balaban J connectivity index is 1.85. The molecule has 1 aliphatic carbocycles. The molecule has 3 rings (SSSR count). The van der Waals surface area contributed by atoms with Crippen LogP contribution in [0.1, 0.15) is 56.6 Å². The number of carbonyl (C=O) groups excluding carboxylic acids is 2. The van der Waals surface area contributed by atoms with Crippen molar-refractivity contribution in [1.29, 1.82) is 0 Å². The minimum absolute atomic E-state index is 0.0982. The van der Waals surface area contributed by atoms with Gasteiger partial charge in [0.2, 0.25) is 11.8 Å². The van der Waals surface area contributed by atoms with E-state index in [2.05, 4.69) is 5.32 Å². The van der Waals surface area contributed by atoms with E-state index in [1.54, 1.807) is 23.1 Å². The van der Waals surface area contributed by atoms with E-state index in [1.807, 2.05) is 37.3 Å². The fourth-order valence-corrected chi connectivity index (χ4v) is 4.71. The van der Waals surface area contributed by atoms with Gasteiger partial charge in [-0.25, -0.2) is 0 Å². The van der Waals surface area contributed by atoms with Gasteiger partial charge in [0.25, 0.3) is 0 Å². The number of benzene rings is 2. The van der Waals surface area contributed by atoms with Crippen LogP contribution < -0.4 is 5.32 Å². The highest BCUT2D eigenvalue weighted by atomic mass is 35.5. The van der Waals surface area contributed by atoms with Crippen LogP contribution in [0.2, 0.25) is 10.0 Å². The van der Waals surface area contributed by atoms with Gasteiger partial charge in [0.15, 0.2) is 0 Å². The summed E-state index contributed by atoms with van der Waals surface area (Å²) in [7, 11) is 0. The van der Waals surface area contributed by atoms with Gasteiger partial charge < -0.3 is 10.2 Å². The first-order valence-corrected chi connectivity index (χ1v) is 11.8. The van der Waals surface area contributed by atoms with Gasteiger partial charge in [0.1, 0.15) is 6.04 Å². The Morgan fingerprint density at radius 1 is 1.00 bits per heavy atom. The standard InChI is InChI=1S/C25H30Cl2N2O2/c1-2-23(25(31)28-19-12-7-4-8-13-19)29(17-20-21(26)14-9-15-22(20)27)24(30)16-18-10-5-3-6-11-18/h3,5-6,9-11,14-15,19,23H,2,4,7-8,12-13,16-17H2,1H3,(H,28,31)/t23-/m0/s1. The van der Waals surface area contributed by atoms with Crippen molar-refractivity contribution in [2.75, 3.05) is 0 Å². The molecule has 0 saturated heterocycles. The average Bonchev–Trinajstić information content (AvgIpc) is 2.77. The molecule has 0 spiro atoms. The first-order valence-electron chi connectivity index (χ1n) is 11.1. The number of nitrogens with zero attached hydrogens (tertiary/aromatic N) is 1. The highest BCUT2D eigenvalue weighted by Crippen LogP contribution is 2.27. The van der Waals surface area contributed by atoms with E-state index >= 15 is 0 Å². The summed E-state index contributed by atoms with van der Waals surface area (Å²) in [5.41, 5.74) is 1.57. The van der Waals surface area contributed by atoms with Crippen LogP contribution in [0.15, 0.2) is 48.5 Å². The molecule has 0 radical (unpaired) electrons. The molecule has 0 aliphatic heterocycles. The maximum absolute atomic E-state index is 13.4. The Labute approximate surface area is 194 Å². The fourth-order valence-electron chi connectivity index (χ4n) is 4.19. The zero-order chi connectivity index (χ0) is 22.2. The third-order valence-electron chi connectivity index (χ3n) is 5.93. The van der Waals surface area contributed by atoms with E-state index in [1.165, 1.54) is 6.42 Å². The van der Waals surface area contributed by atoms with Crippen LogP contribution in [0.3, 0.4) is 0 Å². The molecule has 0 aromatic heterocycles. The zero-order valence-electron chi connectivity index (χ0n) is 17.9. The molecule has 6 heteroatoms. The molecule has 2 aromatic rings. The van der Waals surface area contributed by atoms with Crippen LogP contribution in [0.4, 0.5) is 0 Å². The lowest BCUT2D eigenvalue weighted by Crippen LogP contribution is -2.52. The van der Waals surface area contributed by atoms with E-state index in [-0.39, 0.29) is 30.8 Å². The lowest BCUT2D eigenvalue weighted by Gasteiger charge is -2.33. The van der Waals surface area contributed by atoms with Crippen molar-refractivity contribution >= 4 is 35.0 Å². The highest BCUT2D eigenvalue weighted by Gasteiger charge is 2.31. The van der Waals surface area contributed by atoms with Crippen LogP contribution in [0.5, 0.6) is 0 Å². The van der Waals surface area contributed by atoms with Crippen molar-refractivity contribution in [1.82, 2.24) is 10.2 Å². The number of hydrogen-bond donors (Lipinski definition) is 1. The van der Waals surface area contributed by atoms with Crippen molar-refractivity contribution in [2.24, 2.45) is 0 Å². The summed E-state index contributed by atoms with van der Waals surface area (Å²) in [6.07, 6.45) is 6.21. The topological polar surface area (TPSA) is 49.4 Å². The second-order valence-electron chi connectivity index (χ2n) is 8.15. The number of nitrogens with one attached hydrogen (secondary N) is 1. The molecule has 1 fully saturated rings. The summed E-state index contributed by atoms with van der Waals surface area (Å²) in [5, 5.41) is 4.17. The van der Waals surface area contributed by atoms with Crippen LogP contribution >= 0.6 is 23.2 Å². The molecule has 0 bridgehead atoms. The van der Waals surface area contributed by atoms with Crippen molar-refractivity contribution in [3.8, 4) is 0 Å². The quantitative estimate of drug-likeness (QED) is 0.541. The number of amides is 2. The Kier molecular flexibility index (Phi) is 8.79. The van der Waals surface area contributed by atoms with E-state index in [4.69, 9.17) is 23.2 Å². The second-order valence-corrected chi connectivity index (χ2v) is 8.97. The molecule has 2 aromatic carbocycles. The molecular weight excluding hydrogens is 431 g/mol. The molecule has 1 aliphatic rings. The summed E-state index contributed by atoms with van der Waals surface area (Å²) < 4.78 is 0. The van der Waals surface area contributed by atoms with Gasteiger partial charge in [-0.15, -0.1) is 0 Å². The average molecular weight is 461 g/mol. The Bertz CT molecular complexity index is 862. The van der Waals surface area contributed by atoms with Crippen molar-refractivity contribution in [2.45, 2.75) is 70.5 Å². The minimum Gasteiger partial charge on any atom is -0.352 e. The highest BCUT2D eigenvalue weighted by molar-refractivity contribution is 6.36. The van der Waals surface area contributed by atoms with Gasteiger partial charge in [0.05, 0.1) is 6.42 Å². The number of rotatable bonds is 8. The maximum atomic E-state index is 13.4. The maximum Gasteiger partial charge on any atom is 0.243 e. The SMILES string of the molecule is CC[C@@H](C(=O)NC1CCCCC1)N(Cc1c(Cl)cccc1Cl)C(=O)Cc1ccccc1. The van der Waals surface area contributed by atoms with E-state index in [9.17, 15) is 9.59 Å². The number of hydrogen-bond acceptors (Lipinski definition) is 2. The third kappa shape index (κ3) is 6.47. The monoisotopic (exact) mass is 460 g/mol. The van der Waals surface area contributed by atoms with Gasteiger partial charge in [-0.05, 0) is 37.0 Å². The first-order chi connectivity index (χ1) is 15.0. The Hall–Kier alpha value is -2.04. The molecular formula is C25H30Cl2N2O2. The third-order valence-corrected chi connectivity index (χ3v) is 6.63. The molecule has 1 N–H and O–H groups in total. The molecule has 31 heavy (non-hydrogen) atoms. The van der Waals surface area contributed by atoms with Gasteiger partial charge in [-0.3, -0.25) is 9.59 Å². The van der Waals surface area contributed by atoms with Gasteiger partial charge in [-0.2, -0.15) is 0 Å². The fraction of sp³-hybridized carbons (Fsp3) is 0.440. The summed E-state index contributed by atoms with van der Waals surface area (Å²) in [5.74, 6) is -0.216. The second kappa shape index (κ2) is 11.5. The molecule has 0 heterocycles. The van der Waals surface area contributed by atoms with E-state index in [0.717, 1.165) is 31.2 Å². The van der Waals surface area contributed by atoms with E-state index < -0.39 is 6.04 Å². The van der Waals surface area contributed by atoms with Gasteiger partial charge in [0, 0.05) is 28.2 Å². The van der Waals surface area contributed by atoms with Crippen molar-refractivity contribution < 1.29 is 9.59 Å². The molecule has 4 nitrogen and oxygen atoms in total. The minimum atomic E-state index is -0.578. The summed E-state index contributed by atoms with van der Waals surface area (Å²) in [6, 6.07) is 14.5. The lowest BCUT2D eigenvalue weighted by atomic mass is 9.95. The predicted octanol–water partition coefficient (Wildman–Crippen LogP) is 5.79. The number of carbonyl (C=O) groups is 2. The van der Waals surface area contributed by atoms with Crippen LogP contribution in [-0.2, 0) is 22.6 Å².